The lowest BCUT2D eigenvalue weighted by Crippen LogP contribution is -2.61. The lowest BCUT2D eigenvalue weighted by atomic mass is 9.83. The van der Waals surface area contributed by atoms with E-state index in [0.717, 1.165) is 42.5 Å². The van der Waals surface area contributed by atoms with Crippen LogP contribution in [0.5, 0.6) is 0 Å². The molecule has 2 aliphatic heterocycles. The van der Waals surface area contributed by atoms with E-state index in [0.29, 0.717) is 6.54 Å². The Balaban J connectivity index is 1.40. The Morgan fingerprint density at radius 2 is 1.90 bits per heavy atom. The summed E-state index contributed by atoms with van der Waals surface area (Å²) in [6, 6.07) is 20.3. The second-order valence-corrected chi connectivity index (χ2v) is 8.36. The Labute approximate surface area is 181 Å². The molecule has 1 saturated heterocycles. The third-order valence-corrected chi connectivity index (χ3v) is 6.42. The first-order chi connectivity index (χ1) is 14.7. The van der Waals surface area contributed by atoms with Crippen LogP contribution in [0, 0.1) is 5.92 Å². The van der Waals surface area contributed by atoms with Crippen molar-refractivity contribution in [2.75, 3.05) is 29.4 Å². The number of nitrogens with one attached hydrogen (secondary N) is 1. The smallest absolute Gasteiger partial charge is 0.225 e. The highest BCUT2D eigenvalue weighted by Gasteiger charge is 2.41. The van der Waals surface area contributed by atoms with Crippen LogP contribution in [0.3, 0.4) is 0 Å². The van der Waals surface area contributed by atoms with E-state index in [1.807, 2.05) is 24.3 Å². The summed E-state index contributed by atoms with van der Waals surface area (Å²) in [4.78, 5) is 18.0. The van der Waals surface area contributed by atoms with Gasteiger partial charge in [0, 0.05) is 36.0 Å². The van der Waals surface area contributed by atoms with Crippen molar-refractivity contribution >= 4 is 28.9 Å². The van der Waals surface area contributed by atoms with E-state index in [-0.39, 0.29) is 17.9 Å². The van der Waals surface area contributed by atoms with Crippen molar-refractivity contribution in [3.05, 3.63) is 83.3 Å². The van der Waals surface area contributed by atoms with Crippen LogP contribution in [-0.2, 0) is 17.8 Å². The SMILES string of the molecule is O=C(NCc1ccco1)C1Cc2ccccc2N2CCN(c3ccc(Cl)cc3)CC12. The predicted octanol–water partition coefficient (Wildman–Crippen LogP) is 4.12. The van der Waals surface area contributed by atoms with E-state index in [9.17, 15) is 4.79 Å². The van der Waals surface area contributed by atoms with Gasteiger partial charge in [0.15, 0.2) is 0 Å². The summed E-state index contributed by atoms with van der Waals surface area (Å²) in [5, 5.41) is 3.82. The molecule has 2 unspecified atom stereocenters. The number of carbonyl (C=O) groups excluding carboxylic acids is 1. The summed E-state index contributed by atoms with van der Waals surface area (Å²) >= 11 is 6.07. The third-order valence-electron chi connectivity index (χ3n) is 6.17. The number of piperazine rings is 1. The molecule has 0 aliphatic carbocycles. The Kier molecular flexibility index (Phi) is 5.13. The number of para-hydroxylation sites is 1. The number of amides is 1. The van der Waals surface area contributed by atoms with Gasteiger partial charge in [-0.05, 0) is 54.4 Å². The van der Waals surface area contributed by atoms with Crippen molar-refractivity contribution in [1.82, 2.24) is 5.32 Å². The van der Waals surface area contributed by atoms with Gasteiger partial charge in [0.2, 0.25) is 5.91 Å². The van der Waals surface area contributed by atoms with Gasteiger partial charge in [-0.2, -0.15) is 0 Å². The zero-order chi connectivity index (χ0) is 20.5. The molecule has 2 aromatic carbocycles. The van der Waals surface area contributed by atoms with Crippen LogP contribution in [0.15, 0.2) is 71.3 Å². The van der Waals surface area contributed by atoms with Crippen molar-refractivity contribution in [2.45, 2.75) is 19.0 Å². The predicted molar refractivity (Wildman–Crippen MR) is 119 cm³/mol. The van der Waals surface area contributed by atoms with Gasteiger partial charge in [0.1, 0.15) is 5.76 Å². The number of benzene rings is 2. The number of anilines is 2. The monoisotopic (exact) mass is 421 g/mol. The molecule has 2 aliphatic rings. The molecular weight excluding hydrogens is 398 g/mol. The van der Waals surface area contributed by atoms with Gasteiger partial charge in [-0.15, -0.1) is 0 Å². The van der Waals surface area contributed by atoms with Crippen molar-refractivity contribution < 1.29 is 9.21 Å². The molecule has 0 saturated carbocycles. The Hall–Kier alpha value is -2.92. The second-order valence-electron chi connectivity index (χ2n) is 7.92. The van der Waals surface area contributed by atoms with Gasteiger partial charge < -0.3 is 19.5 Å². The first-order valence-corrected chi connectivity index (χ1v) is 10.7. The van der Waals surface area contributed by atoms with Crippen LogP contribution in [-0.4, -0.2) is 31.6 Å². The standard InChI is InChI=1S/C24H24ClN3O2/c25-18-7-9-19(10-8-18)27-11-12-28-22-6-2-1-4-17(22)14-21(23(28)16-27)24(29)26-15-20-5-3-13-30-20/h1-10,13,21,23H,11-12,14-16H2,(H,26,29). The van der Waals surface area contributed by atoms with Crippen molar-refractivity contribution in [3.63, 3.8) is 0 Å². The van der Waals surface area contributed by atoms with Crippen LogP contribution in [0.2, 0.25) is 5.02 Å². The summed E-state index contributed by atoms with van der Waals surface area (Å²) in [5.74, 6) is 0.724. The summed E-state index contributed by atoms with van der Waals surface area (Å²) < 4.78 is 5.37. The minimum atomic E-state index is -0.120. The maximum Gasteiger partial charge on any atom is 0.225 e. The molecule has 2 atom stereocenters. The average Bonchev–Trinajstić information content (AvgIpc) is 3.31. The summed E-state index contributed by atoms with van der Waals surface area (Å²) in [6.45, 7) is 3.01. The molecule has 5 rings (SSSR count). The number of carbonyl (C=O) groups is 1. The number of furan rings is 1. The van der Waals surface area contributed by atoms with Gasteiger partial charge >= 0.3 is 0 Å². The maximum absolute atomic E-state index is 13.2. The third kappa shape index (κ3) is 3.65. The minimum Gasteiger partial charge on any atom is -0.467 e. The highest BCUT2D eigenvalue weighted by molar-refractivity contribution is 6.30. The molecule has 0 radical (unpaired) electrons. The highest BCUT2D eigenvalue weighted by Crippen LogP contribution is 2.37. The molecule has 5 nitrogen and oxygen atoms in total. The van der Waals surface area contributed by atoms with Gasteiger partial charge in [0.25, 0.3) is 0 Å². The Morgan fingerprint density at radius 1 is 1.07 bits per heavy atom. The van der Waals surface area contributed by atoms with Crippen LogP contribution >= 0.6 is 11.6 Å². The summed E-state index contributed by atoms with van der Waals surface area (Å²) in [7, 11) is 0. The first-order valence-electron chi connectivity index (χ1n) is 10.3. The van der Waals surface area contributed by atoms with Crippen molar-refractivity contribution in [1.29, 1.82) is 0 Å². The van der Waals surface area contributed by atoms with E-state index in [1.54, 1.807) is 6.26 Å². The van der Waals surface area contributed by atoms with E-state index in [1.165, 1.54) is 11.3 Å². The van der Waals surface area contributed by atoms with Gasteiger partial charge in [0.05, 0.1) is 24.8 Å². The molecule has 3 aromatic rings. The molecule has 0 spiro atoms. The zero-order valence-corrected chi connectivity index (χ0v) is 17.4. The lowest BCUT2D eigenvalue weighted by molar-refractivity contribution is -0.126. The fourth-order valence-electron chi connectivity index (χ4n) is 4.66. The van der Waals surface area contributed by atoms with E-state index >= 15 is 0 Å². The molecule has 30 heavy (non-hydrogen) atoms. The zero-order valence-electron chi connectivity index (χ0n) is 16.6. The van der Waals surface area contributed by atoms with Crippen LogP contribution < -0.4 is 15.1 Å². The van der Waals surface area contributed by atoms with Crippen molar-refractivity contribution in [2.24, 2.45) is 5.92 Å². The normalized spacial score (nSPS) is 20.4. The topological polar surface area (TPSA) is 48.7 Å². The number of hydrogen-bond acceptors (Lipinski definition) is 4. The number of rotatable bonds is 4. The molecule has 1 aromatic heterocycles. The first kappa shape index (κ1) is 19.1. The van der Waals surface area contributed by atoms with Gasteiger partial charge in [-0.1, -0.05) is 29.8 Å². The van der Waals surface area contributed by atoms with E-state index < -0.39 is 0 Å². The molecule has 1 amide bonds. The number of nitrogens with zero attached hydrogens (tertiary/aromatic N) is 2. The quantitative estimate of drug-likeness (QED) is 0.688. The minimum absolute atomic E-state index is 0.0776. The molecule has 1 N–H and O–H groups in total. The fraction of sp³-hybridized carbons (Fsp3) is 0.292. The van der Waals surface area contributed by atoms with Crippen LogP contribution in [0.1, 0.15) is 11.3 Å². The number of hydrogen-bond donors (Lipinski definition) is 1. The molecule has 6 heteroatoms. The fourth-order valence-corrected chi connectivity index (χ4v) is 4.79. The van der Waals surface area contributed by atoms with E-state index in [2.05, 4.69) is 51.5 Å². The number of fused-ring (bicyclic) bond motifs is 3. The number of halogens is 1. The molecular formula is C24H24ClN3O2. The van der Waals surface area contributed by atoms with Gasteiger partial charge in [-0.3, -0.25) is 4.79 Å². The van der Waals surface area contributed by atoms with Crippen LogP contribution in [0.25, 0.3) is 0 Å². The van der Waals surface area contributed by atoms with Crippen LogP contribution in [0.4, 0.5) is 11.4 Å². The molecule has 0 bridgehead atoms. The van der Waals surface area contributed by atoms with E-state index in [4.69, 9.17) is 16.0 Å². The molecule has 154 valence electrons. The van der Waals surface area contributed by atoms with Crippen molar-refractivity contribution in [3.8, 4) is 0 Å². The summed E-state index contributed by atoms with van der Waals surface area (Å²) in [5.41, 5.74) is 3.65. The van der Waals surface area contributed by atoms with Gasteiger partial charge in [-0.25, -0.2) is 0 Å². The Bertz CT molecular complexity index is 1020. The lowest BCUT2D eigenvalue weighted by Gasteiger charge is -2.49. The maximum atomic E-state index is 13.2. The molecule has 3 heterocycles. The second kappa shape index (κ2) is 8.07. The Morgan fingerprint density at radius 3 is 2.70 bits per heavy atom. The summed E-state index contributed by atoms with van der Waals surface area (Å²) in [6.07, 6.45) is 2.38. The average molecular weight is 422 g/mol. The molecule has 1 fully saturated rings. The highest BCUT2D eigenvalue weighted by atomic mass is 35.5. The largest absolute Gasteiger partial charge is 0.467 e.